The average Bonchev–Trinajstić information content (AvgIpc) is 2.69. The first-order valence-electron chi connectivity index (χ1n) is 6.34. The quantitative estimate of drug-likeness (QED) is 0.629. The van der Waals surface area contributed by atoms with Gasteiger partial charge >= 0.3 is 0 Å². The molecule has 2 fully saturated rings. The van der Waals surface area contributed by atoms with Crippen molar-refractivity contribution in [2.75, 3.05) is 52.9 Å². The lowest BCUT2D eigenvalue weighted by molar-refractivity contribution is -0.127. The zero-order valence-corrected chi connectivity index (χ0v) is 10.6. The Kier molecular flexibility index (Phi) is 4.03. The minimum absolute atomic E-state index is 0.134. The summed E-state index contributed by atoms with van der Waals surface area (Å²) in [7, 11) is 2.15. The molecule has 1 atom stereocenters. The van der Waals surface area contributed by atoms with Gasteiger partial charge in [-0.2, -0.15) is 0 Å². The van der Waals surface area contributed by atoms with Gasteiger partial charge in [-0.3, -0.25) is 9.69 Å². The second kappa shape index (κ2) is 5.52. The lowest BCUT2D eigenvalue weighted by Gasteiger charge is -2.33. The predicted octanol–water partition coefficient (Wildman–Crippen LogP) is -0.284. The number of rotatable bonds is 3. The van der Waals surface area contributed by atoms with E-state index < -0.39 is 0 Å². The SMILES string of the molecule is C#CC1CC(=O)N(CCN2CCN(C)CC2)C1. The van der Waals surface area contributed by atoms with Crippen molar-refractivity contribution < 1.29 is 4.79 Å². The van der Waals surface area contributed by atoms with Crippen molar-refractivity contribution in [2.45, 2.75) is 6.42 Å². The summed E-state index contributed by atoms with van der Waals surface area (Å²) in [5.41, 5.74) is 0. The van der Waals surface area contributed by atoms with Crippen molar-refractivity contribution in [3.8, 4) is 12.3 Å². The van der Waals surface area contributed by atoms with E-state index in [-0.39, 0.29) is 11.8 Å². The summed E-state index contributed by atoms with van der Waals surface area (Å²) in [5.74, 6) is 3.04. The van der Waals surface area contributed by atoms with Crippen LogP contribution in [0, 0.1) is 18.3 Å². The molecule has 2 rings (SSSR count). The van der Waals surface area contributed by atoms with Gasteiger partial charge in [-0.1, -0.05) is 0 Å². The smallest absolute Gasteiger partial charge is 0.223 e. The van der Waals surface area contributed by atoms with Gasteiger partial charge in [0.2, 0.25) is 5.91 Å². The Morgan fingerprint density at radius 2 is 2.00 bits per heavy atom. The molecule has 0 aromatic carbocycles. The molecular formula is C13H21N3O. The van der Waals surface area contributed by atoms with Crippen LogP contribution in [0.2, 0.25) is 0 Å². The number of carbonyl (C=O) groups is 1. The number of hydrogen-bond donors (Lipinski definition) is 0. The number of nitrogens with zero attached hydrogens (tertiary/aromatic N) is 3. The lowest BCUT2D eigenvalue weighted by atomic mass is 10.1. The lowest BCUT2D eigenvalue weighted by Crippen LogP contribution is -2.47. The van der Waals surface area contributed by atoms with E-state index in [0.29, 0.717) is 6.42 Å². The largest absolute Gasteiger partial charge is 0.340 e. The van der Waals surface area contributed by atoms with Crippen LogP contribution in [-0.2, 0) is 4.79 Å². The highest BCUT2D eigenvalue weighted by Crippen LogP contribution is 2.16. The van der Waals surface area contributed by atoms with E-state index in [1.54, 1.807) is 0 Å². The van der Waals surface area contributed by atoms with Gasteiger partial charge in [0.15, 0.2) is 0 Å². The van der Waals surface area contributed by atoms with Crippen molar-refractivity contribution >= 4 is 5.91 Å². The Hall–Kier alpha value is -1.05. The van der Waals surface area contributed by atoms with Crippen LogP contribution in [0.25, 0.3) is 0 Å². The molecule has 0 spiro atoms. The van der Waals surface area contributed by atoms with Crippen LogP contribution in [0.1, 0.15) is 6.42 Å². The van der Waals surface area contributed by atoms with Crippen LogP contribution in [0.15, 0.2) is 0 Å². The van der Waals surface area contributed by atoms with Gasteiger partial charge in [0.1, 0.15) is 0 Å². The van der Waals surface area contributed by atoms with Crippen LogP contribution in [0.5, 0.6) is 0 Å². The number of carbonyl (C=O) groups excluding carboxylic acids is 1. The molecule has 2 aliphatic heterocycles. The molecule has 1 amide bonds. The summed E-state index contributed by atoms with van der Waals surface area (Å²) in [6, 6.07) is 0. The highest BCUT2D eigenvalue weighted by molar-refractivity contribution is 5.79. The van der Waals surface area contributed by atoms with E-state index in [1.165, 1.54) is 0 Å². The van der Waals surface area contributed by atoms with E-state index >= 15 is 0 Å². The summed E-state index contributed by atoms with van der Waals surface area (Å²) in [5, 5.41) is 0. The molecule has 0 saturated carbocycles. The van der Waals surface area contributed by atoms with E-state index in [9.17, 15) is 4.79 Å². The summed E-state index contributed by atoms with van der Waals surface area (Å²) >= 11 is 0. The summed E-state index contributed by atoms with van der Waals surface area (Å²) in [6.45, 7) is 7.04. The number of likely N-dealkylation sites (tertiary alicyclic amines) is 1. The first-order valence-corrected chi connectivity index (χ1v) is 6.34. The Bertz CT molecular complexity index is 315. The van der Waals surface area contributed by atoms with Gasteiger partial charge in [0.05, 0.1) is 0 Å². The third-order valence-electron chi connectivity index (χ3n) is 3.73. The first kappa shape index (κ1) is 12.4. The molecule has 17 heavy (non-hydrogen) atoms. The maximum Gasteiger partial charge on any atom is 0.223 e. The standard InChI is InChI=1S/C13H21N3O/c1-3-12-10-13(17)16(11-12)9-8-15-6-4-14(2)5-7-15/h1,12H,4-11H2,2H3. The fourth-order valence-electron chi connectivity index (χ4n) is 2.43. The molecule has 2 aliphatic rings. The van der Waals surface area contributed by atoms with E-state index in [2.05, 4.69) is 22.8 Å². The van der Waals surface area contributed by atoms with Crippen LogP contribution >= 0.6 is 0 Å². The van der Waals surface area contributed by atoms with Gasteiger partial charge in [-0.05, 0) is 7.05 Å². The Labute approximate surface area is 104 Å². The monoisotopic (exact) mass is 235 g/mol. The molecular weight excluding hydrogens is 214 g/mol. The number of piperazine rings is 1. The zero-order chi connectivity index (χ0) is 12.3. The van der Waals surface area contributed by atoms with Crippen molar-refractivity contribution in [3.05, 3.63) is 0 Å². The number of terminal acetylenes is 1. The number of hydrogen-bond acceptors (Lipinski definition) is 3. The molecule has 4 nitrogen and oxygen atoms in total. The molecule has 0 aliphatic carbocycles. The van der Waals surface area contributed by atoms with Crippen LogP contribution in [-0.4, -0.2) is 73.5 Å². The summed E-state index contributed by atoms with van der Waals surface area (Å²) in [4.78, 5) is 18.4. The normalized spacial score (nSPS) is 27.4. The van der Waals surface area contributed by atoms with Crippen molar-refractivity contribution in [1.29, 1.82) is 0 Å². The minimum Gasteiger partial charge on any atom is -0.340 e. The molecule has 4 heteroatoms. The van der Waals surface area contributed by atoms with Gasteiger partial charge in [-0.25, -0.2) is 0 Å². The molecule has 0 radical (unpaired) electrons. The maximum atomic E-state index is 11.7. The van der Waals surface area contributed by atoms with Crippen LogP contribution < -0.4 is 0 Å². The maximum absolute atomic E-state index is 11.7. The Morgan fingerprint density at radius 3 is 2.59 bits per heavy atom. The van der Waals surface area contributed by atoms with Crippen LogP contribution in [0.3, 0.4) is 0 Å². The molecule has 2 saturated heterocycles. The van der Waals surface area contributed by atoms with E-state index in [1.807, 2.05) is 4.90 Å². The molecule has 2 heterocycles. The third-order valence-corrected chi connectivity index (χ3v) is 3.73. The molecule has 0 aromatic heterocycles. The van der Waals surface area contributed by atoms with Gasteiger partial charge in [-0.15, -0.1) is 12.3 Å². The Balaban J connectivity index is 1.72. The fourth-order valence-corrected chi connectivity index (χ4v) is 2.43. The molecule has 0 aromatic rings. The molecule has 1 unspecified atom stereocenters. The Morgan fingerprint density at radius 1 is 1.29 bits per heavy atom. The average molecular weight is 235 g/mol. The first-order chi connectivity index (χ1) is 8.19. The van der Waals surface area contributed by atoms with Gasteiger partial charge in [0.25, 0.3) is 0 Å². The molecule has 0 N–H and O–H groups in total. The topological polar surface area (TPSA) is 26.8 Å². The third kappa shape index (κ3) is 3.21. The minimum atomic E-state index is 0.134. The van der Waals surface area contributed by atoms with Gasteiger partial charge < -0.3 is 9.80 Å². The number of likely N-dealkylation sites (N-methyl/N-ethyl adjacent to an activating group) is 1. The number of amides is 1. The predicted molar refractivity (Wildman–Crippen MR) is 67.5 cm³/mol. The van der Waals surface area contributed by atoms with Crippen molar-refractivity contribution in [1.82, 2.24) is 14.7 Å². The van der Waals surface area contributed by atoms with Crippen LogP contribution in [0.4, 0.5) is 0 Å². The zero-order valence-electron chi connectivity index (χ0n) is 10.6. The summed E-state index contributed by atoms with van der Waals surface area (Å²) < 4.78 is 0. The van der Waals surface area contributed by atoms with Crippen molar-refractivity contribution in [2.24, 2.45) is 5.92 Å². The molecule has 0 bridgehead atoms. The molecule has 94 valence electrons. The second-order valence-corrected chi connectivity index (χ2v) is 5.05. The summed E-state index contributed by atoms with van der Waals surface area (Å²) in [6.07, 6.45) is 5.91. The van der Waals surface area contributed by atoms with Gasteiger partial charge in [0, 0.05) is 58.2 Å². The fraction of sp³-hybridized carbons (Fsp3) is 0.769. The van der Waals surface area contributed by atoms with E-state index in [0.717, 1.165) is 45.8 Å². The highest BCUT2D eigenvalue weighted by Gasteiger charge is 2.28. The van der Waals surface area contributed by atoms with Crippen molar-refractivity contribution in [3.63, 3.8) is 0 Å². The second-order valence-electron chi connectivity index (χ2n) is 5.05. The highest BCUT2D eigenvalue weighted by atomic mass is 16.2. The van der Waals surface area contributed by atoms with E-state index in [4.69, 9.17) is 6.42 Å².